The van der Waals surface area contributed by atoms with Crippen molar-refractivity contribution in [1.29, 1.82) is 0 Å². The number of rotatable bonds is 9. The SMILES string of the molecule is CC(C)[C@H](NC(=O)OCC1c2ccccc2-c2ccccc21)C(=O)NCCC(O)C(=O)O. The average molecular weight is 440 g/mol. The van der Waals surface area contributed by atoms with Gasteiger partial charge in [-0.3, -0.25) is 4.79 Å². The molecule has 170 valence electrons. The minimum Gasteiger partial charge on any atom is -0.479 e. The van der Waals surface area contributed by atoms with Crippen LogP contribution in [-0.2, 0) is 14.3 Å². The molecule has 0 radical (unpaired) electrons. The normalized spacial score (nSPS) is 14.2. The molecule has 2 amide bonds. The van der Waals surface area contributed by atoms with Crippen LogP contribution in [0.4, 0.5) is 4.79 Å². The highest BCUT2D eigenvalue weighted by Crippen LogP contribution is 2.44. The zero-order valence-electron chi connectivity index (χ0n) is 18.1. The Kier molecular flexibility index (Phi) is 7.48. The van der Waals surface area contributed by atoms with Crippen molar-refractivity contribution in [3.05, 3.63) is 59.7 Å². The third-order valence-corrected chi connectivity index (χ3v) is 5.57. The second kappa shape index (κ2) is 10.3. The van der Waals surface area contributed by atoms with E-state index in [1.165, 1.54) is 0 Å². The number of nitrogens with one attached hydrogen (secondary N) is 2. The summed E-state index contributed by atoms with van der Waals surface area (Å²) in [6.07, 6.45) is -2.38. The molecule has 3 rings (SSSR count). The molecular formula is C24H28N2O6. The van der Waals surface area contributed by atoms with Crippen molar-refractivity contribution < 1.29 is 29.3 Å². The number of ether oxygens (including phenoxy) is 1. The number of alkyl carbamates (subject to hydrolysis) is 1. The third-order valence-electron chi connectivity index (χ3n) is 5.57. The van der Waals surface area contributed by atoms with Crippen LogP contribution in [0.15, 0.2) is 48.5 Å². The third kappa shape index (κ3) is 5.26. The molecule has 0 bridgehead atoms. The van der Waals surface area contributed by atoms with Gasteiger partial charge in [0.05, 0.1) is 0 Å². The number of aliphatic hydroxyl groups is 1. The van der Waals surface area contributed by atoms with E-state index in [1.54, 1.807) is 13.8 Å². The maximum Gasteiger partial charge on any atom is 0.407 e. The molecule has 0 aromatic heterocycles. The van der Waals surface area contributed by atoms with Crippen LogP contribution in [0.2, 0.25) is 0 Å². The Morgan fingerprint density at radius 1 is 1.00 bits per heavy atom. The van der Waals surface area contributed by atoms with Gasteiger partial charge in [0.2, 0.25) is 5.91 Å². The van der Waals surface area contributed by atoms with E-state index in [2.05, 4.69) is 22.8 Å². The minimum absolute atomic E-state index is 0.0259. The van der Waals surface area contributed by atoms with Crippen LogP contribution < -0.4 is 10.6 Å². The molecule has 8 nitrogen and oxygen atoms in total. The van der Waals surface area contributed by atoms with Crippen molar-refractivity contribution in [3.8, 4) is 11.1 Å². The van der Waals surface area contributed by atoms with Gasteiger partial charge in [-0.1, -0.05) is 62.4 Å². The van der Waals surface area contributed by atoms with Crippen LogP contribution in [-0.4, -0.2) is 53.5 Å². The second-order valence-electron chi connectivity index (χ2n) is 8.13. The van der Waals surface area contributed by atoms with Gasteiger partial charge in [0.15, 0.2) is 6.10 Å². The first kappa shape index (κ1) is 23.3. The molecule has 0 spiro atoms. The first-order valence-corrected chi connectivity index (χ1v) is 10.6. The van der Waals surface area contributed by atoms with Crippen LogP contribution >= 0.6 is 0 Å². The Morgan fingerprint density at radius 2 is 1.56 bits per heavy atom. The average Bonchev–Trinajstić information content (AvgIpc) is 3.09. The standard InChI is InChI=1S/C24H28N2O6/c1-14(2)21(22(28)25-12-11-20(27)23(29)30)26-24(31)32-13-19-17-9-5-3-7-15(17)16-8-4-6-10-18(16)19/h3-10,14,19-21,27H,11-13H2,1-2H3,(H,25,28)(H,26,31)(H,29,30)/t20?,21-/m0/s1. The number of hydrogen-bond acceptors (Lipinski definition) is 5. The van der Waals surface area contributed by atoms with Gasteiger partial charge in [0, 0.05) is 18.9 Å². The van der Waals surface area contributed by atoms with Gasteiger partial charge in [0.1, 0.15) is 12.6 Å². The zero-order chi connectivity index (χ0) is 23.3. The number of carbonyl (C=O) groups excluding carboxylic acids is 2. The van der Waals surface area contributed by atoms with E-state index >= 15 is 0 Å². The van der Waals surface area contributed by atoms with Crippen LogP contribution in [0.25, 0.3) is 11.1 Å². The Balaban J connectivity index is 1.58. The first-order valence-electron chi connectivity index (χ1n) is 10.6. The van der Waals surface area contributed by atoms with Gasteiger partial charge in [0.25, 0.3) is 0 Å². The molecule has 1 unspecified atom stereocenters. The number of benzene rings is 2. The topological polar surface area (TPSA) is 125 Å². The lowest BCUT2D eigenvalue weighted by Crippen LogP contribution is -2.50. The number of carboxylic acids is 1. The Labute approximate surface area is 186 Å². The molecule has 2 atom stereocenters. The van der Waals surface area contributed by atoms with Gasteiger partial charge in [-0.05, 0) is 28.2 Å². The molecule has 0 fully saturated rings. The molecule has 0 aliphatic heterocycles. The molecule has 8 heteroatoms. The molecule has 4 N–H and O–H groups in total. The summed E-state index contributed by atoms with van der Waals surface area (Å²) in [6, 6.07) is 15.2. The van der Waals surface area contributed by atoms with E-state index in [4.69, 9.17) is 9.84 Å². The number of amides is 2. The highest BCUT2D eigenvalue weighted by molar-refractivity contribution is 5.86. The van der Waals surface area contributed by atoms with Crippen LogP contribution in [0, 0.1) is 5.92 Å². The molecule has 1 aliphatic rings. The summed E-state index contributed by atoms with van der Waals surface area (Å²) in [7, 11) is 0. The van der Waals surface area contributed by atoms with E-state index in [0.29, 0.717) is 0 Å². The summed E-state index contributed by atoms with van der Waals surface area (Å²) in [6.45, 7) is 3.67. The number of carboxylic acid groups (broad SMARTS) is 1. The summed E-state index contributed by atoms with van der Waals surface area (Å²) in [4.78, 5) is 35.6. The molecule has 0 saturated heterocycles. The fraction of sp³-hybridized carbons (Fsp3) is 0.375. The summed E-state index contributed by atoms with van der Waals surface area (Å²) < 4.78 is 5.50. The van der Waals surface area contributed by atoms with Crippen LogP contribution in [0.1, 0.15) is 37.3 Å². The van der Waals surface area contributed by atoms with Crippen molar-refractivity contribution in [3.63, 3.8) is 0 Å². The largest absolute Gasteiger partial charge is 0.479 e. The predicted molar refractivity (Wildman–Crippen MR) is 118 cm³/mol. The Morgan fingerprint density at radius 3 is 2.09 bits per heavy atom. The van der Waals surface area contributed by atoms with Crippen LogP contribution in [0.3, 0.4) is 0 Å². The first-order chi connectivity index (χ1) is 15.3. The van der Waals surface area contributed by atoms with Crippen LogP contribution in [0.5, 0.6) is 0 Å². The number of hydrogen-bond donors (Lipinski definition) is 4. The number of aliphatic carboxylic acids is 1. The summed E-state index contributed by atoms with van der Waals surface area (Å²) in [5, 5.41) is 23.1. The molecule has 1 aliphatic carbocycles. The van der Waals surface area contributed by atoms with Crippen molar-refractivity contribution in [2.75, 3.05) is 13.2 Å². The maximum atomic E-state index is 12.5. The van der Waals surface area contributed by atoms with E-state index in [9.17, 15) is 19.5 Å². The van der Waals surface area contributed by atoms with Crippen molar-refractivity contribution in [2.24, 2.45) is 5.92 Å². The fourth-order valence-corrected chi connectivity index (χ4v) is 3.87. The predicted octanol–water partition coefficient (Wildman–Crippen LogP) is 2.50. The highest BCUT2D eigenvalue weighted by atomic mass is 16.5. The smallest absolute Gasteiger partial charge is 0.407 e. The van der Waals surface area contributed by atoms with E-state index in [-0.39, 0.29) is 31.4 Å². The fourth-order valence-electron chi connectivity index (χ4n) is 3.87. The van der Waals surface area contributed by atoms with E-state index in [1.807, 2.05) is 36.4 Å². The van der Waals surface area contributed by atoms with Crippen molar-refractivity contribution >= 4 is 18.0 Å². The maximum absolute atomic E-state index is 12.5. The minimum atomic E-state index is -1.55. The van der Waals surface area contributed by atoms with Crippen molar-refractivity contribution in [2.45, 2.75) is 38.3 Å². The molecule has 2 aromatic rings. The van der Waals surface area contributed by atoms with Gasteiger partial charge < -0.3 is 25.6 Å². The van der Waals surface area contributed by atoms with Gasteiger partial charge >= 0.3 is 12.1 Å². The van der Waals surface area contributed by atoms with Crippen molar-refractivity contribution in [1.82, 2.24) is 10.6 Å². The summed E-state index contributed by atoms with van der Waals surface area (Å²) in [5.74, 6) is -2.13. The Hall–Kier alpha value is -3.39. The Bertz CT molecular complexity index is 944. The molecule has 32 heavy (non-hydrogen) atoms. The molecule has 2 aromatic carbocycles. The summed E-state index contributed by atoms with van der Waals surface area (Å²) in [5.41, 5.74) is 4.44. The second-order valence-corrected chi connectivity index (χ2v) is 8.13. The number of aliphatic hydroxyl groups excluding tert-OH is 1. The van der Waals surface area contributed by atoms with Gasteiger partial charge in [-0.25, -0.2) is 9.59 Å². The lowest BCUT2D eigenvalue weighted by atomic mass is 9.98. The molecule has 0 saturated carbocycles. The number of carbonyl (C=O) groups is 3. The summed E-state index contributed by atoms with van der Waals surface area (Å²) >= 11 is 0. The quantitative estimate of drug-likeness (QED) is 0.475. The number of fused-ring (bicyclic) bond motifs is 3. The molecular weight excluding hydrogens is 412 g/mol. The van der Waals surface area contributed by atoms with E-state index in [0.717, 1.165) is 22.3 Å². The highest BCUT2D eigenvalue weighted by Gasteiger charge is 2.30. The van der Waals surface area contributed by atoms with Gasteiger partial charge in [-0.15, -0.1) is 0 Å². The zero-order valence-corrected chi connectivity index (χ0v) is 18.1. The lowest BCUT2D eigenvalue weighted by molar-refractivity contribution is -0.147. The molecule has 0 heterocycles. The lowest BCUT2D eigenvalue weighted by Gasteiger charge is -2.22. The van der Waals surface area contributed by atoms with E-state index < -0.39 is 30.1 Å². The van der Waals surface area contributed by atoms with Gasteiger partial charge in [-0.2, -0.15) is 0 Å². The monoisotopic (exact) mass is 440 g/mol.